The van der Waals surface area contributed by atoms with Gasteiger partial charge in [0.2, 0.25) is 0 Å². The van der Waals surface area contributed by atoms with Gasteiger partial charge in [-0.3, -0.25) is 0 Å². The van der Waals surface area contributed by atoms with Crippen molar-refractivity contribution in [1.29, 1.82) is 0 Å². The van der Waals surface area contributed by atoms with Crippen molar-refractivity contribution in [3.63, 3.8) is 0 Å². The molecule has 5 heteroatoms. The normalized spacial score (nSPS) is 10.3. The summed E-state index contributed by atoms with van der Waals surface area (Å²) >= 11 is 0. The molecule has 2 aromatic carbocycles. The van der Waals surface area contributed by atoms with Crippen molar-refractivity contribution >= 4 is 6.16 Å². The molecule has 0 amide bonds. The third kappa shape index (κ3) is 4.91. The van der Waals surface area contributed by atoms with Crippen molar-refractivity contribution in [3.8, 4) is 17.2 Å². The van der Waals surface area contributed by atoms with Crippen LogP contribution in [-0.2, 0) is 24.2 Å². The van der Waals surface area contributed by atoms with Crippen molar-refractivity contribution in [2.24, 2.45) is 0 Å². The quantitative estimate of drug-likeness (QED) is 0.494. The lowest BCUT2D eigenvalue weighted by Gasteiger charge is -2.17. The van der Waals surface area contributed by atoms with Crippen LogP contribution in [-0.4, -0.2) is 19.9 Å². The second kappa shape index (κ2) is 9.70. The van der Waals surface area contributed by atoms with E-state index in [1.165, 1.54) is 12.7 Å². The largest absolute Gasteiger partial charge is 0.513 e. The standard InChI is InChI=1S/C21H26O5/c1-5-15-11-12-18(16(6-2)13-15)25-14-17-19(24-7-3)9-8-10-20(17)26-21(22)23-4/h8-13H,5-7,14H2,1-4H3. The van der Waals surface area contributed by atoms with E-state index in [0.29, 0.717) is 23.7 Å². The minimum Gasteiger partial charge on any atom is -0.493 e. The number of carbonyl (C=O) groups is 1. The predicted molar refractivity (Wildman–Crippen MR) is 100 cm³/mol. The number of carbonyl (C=O) groups excluding carboxylic acids is 1. The third-order valence-corrected chi connectivity index (χ3v) is 4.04. The fraction of sp³-hybridized carbons (Fsp3) is 0.381. The fourth-order valence-corrected chi connectivity index (χ4v) is 2.63. The van der Waals surface area contributed by atoms with E-state index < -0.39 is 6.16 Å². The molecule has 0 aliphatic carbocycles. The van der Waals surface area contributed by atoms with Gasteiger partial charge in [-0.25, -0.2) is 4.79 Å². The Morgan fingerprint density at radius 2 is 1.69 bits per heavy atom. The Labute approximate surface area is 154 Å². The Hall–Kier alpha value is -2.69. The van der Waals surface area contributed by atoms with Gasteiger partial charge >= 0.3 is 6.16 Å². The highest BCUT2D eigenvalue weighted by Gasteiger charge is 2.16. The van der Waals surface area contributed by atoms with Crippen LogP contribution in [0.25, 0.3) is 0 Å². The van der Waals surface area contributed by atoms with Gasteiger partial charge in [-0.1, -0.05) is 32.0 Å². The van der Waals surface area contributed by atoms with Gasteiger partial charge in [-0.15, -0.1) is 0 Å². The molecule has 0 saturated heterocycles. The second-order valence-electron chi connectivity index (χ2n) is 5.66. The van der Waals surface area contributed by atoms with Gasteiger partial charge in [0.1, 0.15) is 23.9 Å². The Morgan fingerprint density at radius 3 is 2.35 bits per heavy atom. The molecule has 0 heterocycles. The highest BCUT2D eigenvalue weighted by atomic mass is 16.7. The molecule has 2 rings (SSSR count). The molecule has 0 saturated carbocycles. The maximum atomic E-state index is 11.5. The lowest BCUT2D eigenvalue weighted by Crippen LogP contribution is -2.11. The van der Waals surface area contributed by atoms with Crippen LogP contribution in [0.4, 0.5) is 4.79 Å². The minimum atomic E-state index is -0.776. The van der Waals surface area contributed by atoms with E-state index in [2.05, 4.69) is 30.7 Å². The predicted octanol–water partition coefficient (Wildman–Crippen LogP) is 4.93. The average molecular weight is 358 g/mol. The summed E-state index contributed by atoms with van der Waals surface area (Å²) in [7, 11) is 1.27. The van der Waals surface area contributed by atoms with Gasteiger partial charge in [-0.05, 0) is 49.1 Å². The Morgan fingerprint density at radius 1 is 0.923 bits per heavy atom. The molecule has 140 valence electrons. The second-order valence-corrected chi connectivity index (χ2v) is 5.66. The van der Waals surface area contributed by atoms with Crippen LogP contribution in [0.2, 0.25) is 0 Å². The van der Waals surface area contributed by atoms with Gasteiger partial charge in [-0.2, -0.15) is 0 Å². The molecule has 0 N–H and O–H groups in total. The van der Waals surface area contributed by atoms with E-state index in [1.807, 2.05) is 19.1 Å². The molecular weight excluding hydrogens is 332 g/mol. The first-order valence-corrected chi connectivity index (χ1v) is 8.87. The molecule has 0 spiro atoms. The van der Waals surface area contributed by atoms with Crippen LogP contribution in [0.15, 0.2) is 36.4 Å². The highest BCUT2D eigenvalue weighted by Crippen LogP contribution is 2.31. The first-order valence-electron chi connectivity index (χ1n) is 8.87. The summed E-state index contributed by atoms with van der Waals surface area (Å²) in [6.45, 7) is 6.85. The third-order valence-electron chi connectivity index (χ3n) is 4.04. The van der Waals surface area contributed by atoms with Gasteiger partial charge < -0.3 is 18.9 Å². The Kier molecular flexibility index (Phi) is 7.33. The molecule has 0 bridgehead atoms. The average Bonchev–Trinajstić information content (AvgIpc) is 2.67. The van der Waals surface area contributed by atoms with Crippen molar-refractivity contribution in [2.45, 2.75) is 40.2 Å². The van der Waals surface area contributed by atoms with Crippen LogP contribution >= 0.6 is 0 Å². The first-order chi connectivity index (χ1) is 12.6. The molecular formula is C21H26O5. The van der Waals surface area contributed by atoms with E-state index in [1.54, 1.807) is 12.1 Å². The van der Waals surface area contributed by atoms with E-state index in [4.69, 9.17) is 14.2 Å². The van der Waals surface area contributed by atoms with Crippen LogP contribution in [0.1, 0.15) is 37.5 Å². The summed E-state index contributed by atoms with van der Waals surface area (Å²) in [5.41, 5.74) is 3.09. The van der Waals surface area contributed by atoms with Gasteiger partial charge in [0, 0.05) is 0 Å². The molecule has 0 aromatic heterocycles. The monoisotopic (exact) mass is 358 g/mol. The van der Waals surface area contributed by atoms with Crippen LogP contribution in [0.5, 0.6) is 17.2 Å². The smallest absolute Gasteiger partial charge is 0.493 e. The number of benzene rings is 2. The van der Waals surface area contributed by atoms with Crippen LogP contribution < -0.4 is 14.2 Å². The summed E-state index contributed by atoms with van der Waals surface area (Å²) in [6, 6.07) is 11.5. The number of ether oxygens (including phenoxy) is 4. The molecule has 2 aromatic rings. The maximum Gasteiger partial charge on any atom is 0.513 e. The van der Waals surface area contributed by atoms with Crippen molar-refractivity contribution in [2.75, 3.05) is 13.7 Å². The number of hydrogen-bond donors (Lipinski definition) is 0. The highest BCUT2D eigenvalue weighted by molar-refractivity contribution is 5.65. The zero-order valence-corrected chi connectivity index (χ0v) is 15.8. The van der Waals surface area contributed by atoms with Crippen LogP contribution in [0.3, 0.4) is 0 Å². The van der Waals surface area contributed by atoms with Gasteiger partial charge in [0.05, 0.1) is 19.3 Å². The molecule has 0 unspecified atom stereocenters. The maximum absolute atomic E-state index is 11.5. The van der Waals surface area contributed by atoms with Gasteiger partial charge in [0.15, 0.2) is 0 Å². The fourth-order valence-electron chi connectivity index (χ4n) is 2.63. The lowest BCUT2D eigenvalue weighted by molar-refractivity contribution is 0.120. The van der Waals surface area contributed by atoms with E-state index in [9.17, 15) is 4.79 Å². The summed E-state index contributed by atoms with van der Waals surface area (Å²) in [5.74, 6) is 1.81. The summed E-state index contributed by atoms with van der Waals surface area (Å²) < 4.78 is 21.5. The Bertz CT molecular complexity index is 739. The molecule has 0 aliphatic rings. The number of aryl methyl sites for hydroxylation is 2. The Balaban J connectivity index is 2.28. The topological polar surface area (TPSA) is 54.0 Å². The van der Waals surface area contributed by atoms with E-state index in [-0.39, 0.29) is 6.61 Å². The minimum absolute atomic E-state index is 0.223. The number of hydrogen-bond acceptors (Lipinski definition) is 5. The number of methoxy groups -OCH3 is 1. The lowest BCUT2D eigenvalue weighted by atomic mass is 10.1. The molecule has 0 atom stereocenters. The van der Waals surface area contributed by atoms with Crippen molar-refractivity contribution in [1.82, 2.24) is 0 Å². The van der Waals surface area contributed by atoms with Crippen LogP contribution in [0, 0.1) is 0 Å². The summed E-state index contributed by atoms with van der Waals surface area (Å²) in [6.07, 6.45) is 1.08. The van der Waals surface area contributed by atoms with E-state index >= 15 is 0 Å². The van der Waals surface area contributed by atoms with Crippen molar-refractivity contribution < 1.29 is 23.7 Å². The SMILES string of the molecule is CCOc1cccc(OC(=O)OC)c1COc1ccc(CC)cc1CC. The zero-order chi connectivity index (χ0) is 18.9. The molecule has 0 fully saturated rings. The van der Waals surface area contributed by atoms with E-state index in [0.717, 1.165) is 24.2 Å². The first kappa shape index (κ1) is 19.6. The van der Waals surface area contributed by atoms with Gasteiger partial charge in [0.25, 0.3) is 0 Å². The molecule has 0 radical (unpaired) electrons. The molecule has 5 nitrogen and oxygen atoms in total. The number of rotatable bonds is 8. The molecule has 0 aliphatic heterocycles. The molecule has 26 heavy (non-hydrogen) atoms. The summed E-state index contributed by atoms with van der Waals surface area (Å²) in [4.78, 5) is 11.5. The van der Waals surface area contributed by atoms with Crippen molar-refractivity contribution in [3.05, 3.63) is 53.1 Å². The zero-order valence-electron chi connectivity index (χ0n) is 15.8. The summed E-state index contributed by atoms with van der Waals surface area (Å²) in [5, 5.41) is 0.